The van der Waals surface area contributed by atoms with Gasteiger partial charge in [-0.15, -0.1) is 0 Å². The first-order valence-corrected chi connectivity index (χ1v) is 12.9. The maximum atomic E-state index is 11.9. The molecule has 0 saturated carbocycles. The third-order valence-electron chi connectivity index (χ3n) is 6.16. The van der Waals surface area contributed by atoms with Crippen molar-refractivity contribution in [2.24, 2.45) is 23.7 Å². The quantitative estimate of drug-likeness (QED) is 0.246. The molecule has 38 heavy (non-hydrogen) atoms. The Morgan fingerprint density at radius 2 is 1.37 bits per heavy atom. The Morgan fingerprint density at radius 1 is 0.895 bits per heavy atom. The molecule has 0 bridgehead atoms. The number of ether oxygens (including phenoxy) is 3. The molecule has 2 aliphatic heterocycles. The van der Waals surface area contributed by atoms with Crippen molar-refractivity contribution in [3.05, 3.63) is 12.2 Å². The predicted molar refractivity (Wildman–Crippen MR) is 145 cm³/mol. The van der Waals surface area contributed by atoms with E-state index in [1.165, 1.54) is 13.2 Å². The number of aliphatic hydroxyl groups is 1. The summed E-state index contributed by atoms with van der Waals surface area (Å²) in [5, 5.41) is 8.84. The molecule has 0 aliphatic carbocycles. The zero-order valence-corrected chi connectivity index (χ0v) is 25.3. The van der Waals surface area contributed by atoms with Crippen molar-refractivity contribution in [3.63, 3.8) is 0 Å². The minimum Gasteiger partial charge on any atom is -1.00 e. The van der Waals surface area contributed by atoms with Gasteiger partial charge in [-0.1, -0.05) is 19.9 Å². The van der Waals surface area contributed by atoms with Crippen molar-refractivity contribution in [1.29, 1.82) is 0 Å². The number of likely N-dealkylation sites (tertiary alicyclic amines) is 2. The van der Waals surface area contributed by atoms with E-state index in [0.29, 0.717) is 30.8 Å². The fraction of sp³-hybridized carbons (Fsp3) is 0.815. The van der Waals surface area contributed by atoms with Crippen LogP contribution in [0.3, 0.4) is 0 Å². The molecule has 0 unspecified atom stereocenters. The second-order valence-corrected chi connectivity index (χ2v) is 11.9. The first kappa shape index (κ1) is 38.5. The zero-order valence-electron chi connectivity index (χ0n) is 26.3. The Kier molecular flexibility index (Phi) is 17.4. The van der Waals surface area contributed by atoms with Crippen molar-refractivity contribution in [2.45, 2.75) is 79.4 Å². The van der Waals surface area contributed by atoms with Crippen LogP contribution in [-0.2, 0) is 19.0 Å². The standard InChI is InChI=1S/C14H23NO4.C13H25NO3.B.Li.H/c1-10-8-15(13(17)19-14(2,3)4)9-11(10)6-7-12(16)18-5;1-10-8-14(9-11(10)6-5-7-15)12(16)17-13(2,3)4;;;/h6-7,10-11H,8-9H2,1-5H3;10-11,15H,5-9H2,1-4H3;;;/q;;;+1;-1/b7-6+;;;;/t2*10-,11-;;;/m11.../s1. The van der Waals surface area contributed by atoms with Gasteiger partial charge in [0.05, 0.1) is 7.11 Å². The molecule has 1 N–H and O–H groups in total. The van der Waals surface area contributed by atoms with E-state index >= 15 is 0 Å². The fourth-order valence-corrected chi connectivity index (χ4v) is 4.23. The predicted octanol–water partition coefficient (Wildman–Crippen LogP) is 1.22. The summed E-state index contributed by atoms with van der Waals surface area (Å²) in [5.41, 5.74) is -0.913. The summed E-state index contributed by atoms with van der Waals surface area (Å²) in [7, 11) is 1.34. The molecule has 2 rings (SSSR count). The van der Waals surface area contributed by atoms with Crippen LogP contribution in [0, 0.1) is 23.7 Å². The molecule has 11 heteroatoms. The van der Waals surface area contributed by atoms with Crippen LogP contribution in [0.1, 0.15) is 69.7 Å². The first-order chi connectivity index (χ1) is 16.6. The molecule has 2 aliphatic rings. The minimum absolute atomic E-state index is 0. The van der Waals surface area contributed by atoms with E-state index < -0.39 is 11.2 Å². The zero-order chi connectivity index (χ0) is 27.7. The Hall–Kier alpha value is -1.63. The van der Waals surface area contributed by atoms with Crippen molar-refractivity contribution >= 4 is 26.6 Å². The number of carbonyl (C=O) groups excluding carboxylic acids is 3. The summed E-state index contributed by atoms with van der Waals surface area (Å²) in [6.45, 7) is 18.4. The third kappa shape index (κ3) is 14.5. The van der Waals surface area contributed by atoms with E-state index in [1.54, 1.807) is 15.9 Å². The van der Waals surface area contributed by atoms with Crippen LogP contribution in [0.5, 0.6) is 0 Å². The molecular formula is C27H49BLiN2O7. The van der Waals surface area contributed by atoms with E-state index in [9.17, 15) is 14.4 Å². The van der Waals surface area contributed by atoms with Gasteiger partial charge in [-0.2, -0.15) is 0 Å². The number of methoxy groups -OCH3 is 1. The number of nitrogens with zero attached hydrogens (tertiary/aromatic N) is 2. The van der Waals surface area contributed by atoms with E-state index in [0.717, 1.165) is 25.9 Å². The van der Waals surface area contributed by atoms with Gasteiger partial charge in [0, 0.05) is 47.3 Å². The van der Waals surface area contributed by atoms with Crippen LogP contribution in [0.15, 0.2) is 12.2 Å². The Bertz CT molecular complexity index is 774. The number of aliphatic hydroxyl groups excluding tert-OH is 1. The van der Waals surface area contributed by atoms with Gasteiger partial charge in [0.1, 0.15) is 11.2 Å². The SMILES string of the molecule is COC(=O)/C=C/[C@@H]1CN(C(=O)OC(C)(C)C)C[C@H]1C.C[C@@H]1CN(C(=O)OC(C)(C)C)C[C@H]1CCCO.[B].[H-].[Li+]. The summed E-state index contributed by atoms with van der Waals surface area (Å²) in [4.78, 5) is 38.4. The molecule has 0 aromatic heterocycles. The average molecular weight is 531 g/mol. The monoisotopic (exact) mass is 531 g/mol. The van der Waals surface area contributed by atoms with Gasteiger partial charge in [-0.05, 0) is 78.1 Å². The average Bonchev–Trinajstić information content (AvgIpc) is 3.31. The summed E-state index contributed by atoms with van der Waals surface area (Å²) < 4.78 is 15.3. The van der Waals surface area contributed by atoms with Crippen LogP contribution < -0.4 is 18.9 Å². The summed E-state index contributed by atoms with van der Waals surface area (Å²) >= 11 is 0. The number of carbonyl (C=O) groups is 3. The third-order valence-corrected chi connectivity index (χ3v) is 6.16. The summed E-state index contributed by atoms with van der Waals surface area (Å²) in [6, 6.07) is 0. The van der Waals surface area contributed by atoms with Crippen LogP contribution in [0.25, 0.3) is 0 Å². The van der Waals surface area contributed by atoms with Crippen LogP contribution >= 0.6 is 0 Å². The molecule has 0 aromatic rings. The Labute approximate surface area is 245 Å². The Morgan fingerprint density at radius 3 is 1.82 bits per heavy atom. The second kappa shape index (κ2) is 17.1. The topological polar surface area (TPSA) is 106 Å². The summed E-state index contributed by atoms with van der Waals surface area (Å²) in [6.07, 6.45) is 4.51. The van der Waals surface area contributed by atoms with Crippen molar-refractivity contribution in [3.8, 4) is 0 Å². The van der Waals surface area contributed by atoms with Gasteiger partial charge in [0.25, 0.3) is 0 Å². The summed E-state index contributed by atoms with van der Waals surface area (Å²) in [5.74, 6) is 1.08. The van der Waals surface area contributed by atoms with Gasteiger partial charge in [0.2, 0.25) is 0 Å². The molecule has 2 fully saturated rings. The van der Waals surface area contributed by atoms with Gasteiger partial charge < -0.3 is 30.5 Å². The number of hydrogen-bond donors (Lipinski definition) is 1. The number of hydrogen-bond acceptors (Lipinski definition) is 7. The van der Waals surface area contributed by atoms with Gasteiger partial charge >= 0.3 is 37.0 Å². The maximum Gasteiger partial charge on any atom is 1.00 e. The van der Waals surface area contributed by atoms with Crippen molar-refractivity contribution in [1.82, 2.24) is 9.80 Å². The molecular weight excluding hydrogens is 482 g/mol. The maximum absolute atomic E-state index is 11.9. The molecule has 0 aromatic carbocycles. The first-order valence-electron chi connectivity index (χ1n) is 12.9. The molecule has 2 saturated heterocycles. The Balaban J connectivity index is -0.000000620. The van der Waals surface area contributed by atoms with Crippen LogP contribution in [0.2, 0.25) is 0 Å². The van der Waals surface area contributed by atoms with Crippen LogP contribution in [0.4, 0.5) is 9.59 Å². The number of esters is 1. The van der Waals surface area contributed by atoms with Gasteiger partial charge in [-0.3, -0.25) is 0 Å². The molecule has 213 valence electrons. The van der Waals surface area contributed by atoms with Crippen molar-refractivity contribution < 1.29 is 54.0 Å². The van der Waals surface area contributed by atoms with Gasteiger partial charge in [0.15, 0.2) is 0 Å². The van der Waals surface area contributed by atoms with Crippen molar-refractivity contribution in [2.75, 3.05) is 39.9 Å². The van der Waals surface area contributed by atoms with Crippen LogP contribution in [-0.4, -0.2) is 92.6 Å². The number of amides is 2. The molecule has 2 heterocycles. The van der Waals surface area contributed by atoms with E-state index in [2.05, 4.69) is 18.6 Å². The molecule has 3 radical (unpaired) electrons. The minimum atomic E-state index is -0.486. The largest absolute Gasteiger partial charge is 1.00 e. The van der Waals surface area contributed by atoms with E-state index in [-0.39, 0.29) is 59.4 Å². The van der Waals surface area contributed by atoms with Gasteiger partial charge in [-0.25, -0.2) is 14.4 Å². The molecule has 4 atom stereocenters. The molecule has 0 spiro atoms. The van der Waals surface area contributed by atoms with E-state index in [1.807, 2.05) is 41.5 Å². The molecule has 2 amide bonds. The fourth-order valence-electron chi connectivity index (χ4n) is 4.23. The molecule has 9 nitrogen and oxygen atoms in total. The normalized spacial score (nSPS) is 23.1. The smallest absolute Gasteiger partial charge is 1.00 e. The number of rotatable bonds is 5. The van der Waals surface area contributed by atoms with E-state index in [4.69, 9.17) is 14.6 Å². The second-order valence-electron chi connectivity index (χ2n) is 11.9.